The normalized spacial score (nSPS) is 12.1. The molecule has 2 aromatic rings. The molecule has 0 saturated carbocycles. The number of aryl methyl sites for hydroxylation is 2. The lowest BCUT2D eigenvalue weighted by molar-refractivity contribution is -0.154. The van der Waals surface area contributed by atoms with Gasteiger partial charge >= 0.3 is 5.97 Å². The first-order chi connectivity index (χ1) is 12.7. The Bertz CT molecular complexity index is 784. The van der Waals surface area contributed by atoms with Crippen LogP contribution in [0.1, 0.15) is 44.2 Å². The molecule has 0 spiro atoms. The lowest BCUT2D eigenvalue weighted by Gasteiger charge is -2.19. The van der Waals surface area contributed by atoms with E-state index in [1.165, 1.54) is 4.88 Å². The van der Waals surface area contributed by atoms with Crippen LogP contribution in [0.4, 0.5) is 4.39 Å². The van der Waals surface area contributed by atoms with E-state index in [1.807, 2.05) is 31.2 Å². The van der Waals surface area contributed by atoms with Crippen molar-refractivity contribution in [3.05, 3.63) is 46.7 Å². The largest absolute Gasteiger partial charge is 0.489 e. The maximum atomic E-state index is 13.1. The number of ether oxygens (including phenoxy) is 2. The predicted octanol–water partition coefficient (Wildman–Crippen LogP) is 5.78. The third-order valence-corrected chi connectivity index (χ3v) is 4.90. The molecule has 0 radical (unpaired) electrons. The Morgan fingerprint density at radius 1 is 1.19 bits per heavy atom. The van der Waals surface area contributed by atoms with Crippen LogP contribution in [0.25, 0.3) is 10.6 Å². The Labute approximate surface area is 164 Å². The van der Waals surface area contributed by atoms with E-state index < -0.39 is 5.60 Å². The first kappa shape index (κ1) is 21.1. The predicted molar refractivity (Wildman–Crippen MR) is 107 cm³/mol. The molecular weight excluding hydrogens is 365 g/mol. The number of halogens is 1. The molecule has 0 amide bonds. The minimum atomic E-state index is -0.538. The number of benzene rings is 1. The van der Waals surface area contributed by atoms with Crippen molar-refractivity contribution in [3.8, 4) is 16.3 Å². The average molecular weight is 392 g/mol. The molecule has 6 heteroatoms. The first-order valence-corrected chi connectivity index (χ1v) is 9.67. The van der Waals surface area contributed by atoms with Gasteiger partial charge in [0, 0.05) is 16.9 Å². The van der Waals surface area contributed by atoms with Crippen molar-refractivity contribution in [1.82, 2.24) is 4.98 Å². The van der Waals surface area contributed by atoms with Gasteiger partial charge in [0.2, 0.25) is 0 Å². The van der Waals surface area contributed by atoms with Gasteiger partial charge in [-0.2, -0.15) is 0 Å². The Morgan fingerprint density at radius 2 is 1.85 bits per heavy atom. The van der Waals surface area contributed by atoms with Crippen LogP contribution in [0.2, 0.25) is 0 Å². The van der Waals surface area contributed by atoms with Gasteiger partial charge in [-0.1, -0.05) is 0 Å². The molecule has 1 heterocycles. The zero-order valence-corrected chi connectivity index (χ0v) is 17.3. The minimum Gasteiger partial charge on any atom is -0.489 e. The fourth-order valence-electron chi connectivity index (χ4n) is 2.28. The third-order valence-electron chi connectivity index (χ3n) is 3.78. The zero-order chi connectivity index (χ0) is 20.0. The van der Waals surface area contributed by atoms with Crippen LogP contribution in [-0.4, -0.2) is 23.2 Å². The highest BCUT2D eigenvalue weighted by atomic mass is 32.1. The van der Waals surface area contributed by atoms with Gasteiger partial charge in [-0.3, -0.25) is 4.79 Å². The van der Waals surface area contributed by atoms with E-state index >= 15 is 0 Å². The van der Waals surface area contributed by atoms with Crippen LogP contribution in [0.15, 0.2) is 36.2 Å². The number of nitrogens with zero attached hydrogens (tertiary/aromatic N) is 1. The van der Waals surface area contributed by atoms with Gasteiger partial charge in [0.25, 0.3) is 0 Å². The molecule has 0 fully saturated rings. The van der Waals surface area contributed by atoms with Crippen molar-refractivity contribution in [2.24, 2.45) is 0 Å². The molecule has 0 atom stereocenters. The zero-order valence-electron chi connectivity index (χ0n) is 16.5. The molecular formula is C21H26FNO3S. The maximum Gasteiger partial charge on any atom is 0.306 e. The highest BCUT2D eigenvalue weighted by Crippen LogP contribution is 2.28. The number of rotatable bonds is 7. The number of thiazole rings is 1. The summed E-state index contributed by atoms with van der Waals surface area (Å²) in [5.74, 6) is 0.292. The number of esters is 1. The molecule has 2 rings (SSSR count). The molecule has 4 nitrogen and oxygen atoms in total. The van der Waals surface area contributed by atoms with E-state index in [9.17, 15) is 9.18 Å². The summed E-state index contributed by atoms with van der Waals surface area (Å²) >= 11 is 1.65. The summed E-state index contributed by atoms with van der Waals surface area (Å²) in [4.78, 5) is 17.5. The first-order valence-electron chi connectivity index (χ1n) is 8.85. The fraction of sp³-hybridized carbons (Fsp3) is 0.429. The van der Waals surface area contributed by atoms with Crippen molar-refractivity contribution >= 4 is 17.3 Å². The average Bonchev–Trinajstić information content (AvgIpc) is 2.93. The molecule has 146 valence electrons. The van der Waals surface area contributed by atoms with Crippen LogP contribution in [-0.2, 0) is 9.53 Å². The summed E-state index contributed by atoms with van der Waals surface area (Å²) < 4.78 is 23.9. The van der Waals surface area contributed by atoms with Crippen molar-refractivity contribution in [2.75, 3.05) is 6.61 Å². The summed E-state index contributed by atoms with van der Waals surface area (Å²) in [5.41, 5.74) is 1.94. The molecule has 0 unspecified atom stereocenters. The van der Waals surface area contributed by atoms with E-state index in [2.05, 4.69) is 11.9 Å². The summed E-state index contributed by atoms with van der Waals surface area (Å²) in [5, 5.41) is 0.971. The molecule has 1 aromatic carbocycles. The van der Waals surface area contributed by atoms with E-state index in [4.69, 9.17) is 9.47 Å². The number of aromatic nitrogens is 1. The van der Waals surface area contributed by atoms with Crippen LogP contribution in [0.3, 0.4) is 0 Å². The van der Waals surface area contributed by atoms with Crippen LogP contribution in [0, 0.1) is 13.8 Å². The van der Waals surface area contributed by atoms with Crippen LogP contribution < -0.4 is 4.74 Å². The topological polar surface area (TPSA) is 48.4 Å². The highest BCUT2D eigenvalue weighted by molar-refractivity contribution is 7.15. The monoisotopic (exact) mass is 391 g/mol. The lowest BCUT2D eigenvalue weighted by atomic mass is 10.1. The Kier molecular flexibility index (Phi) is 7.13. The lowest BCUT2D eigenvalue weighted by Crippen LogP contribution is -2.23. The van der Waals surface area contributed by atoms with Crippen molar-refractivity contribution in [2.45, 2.75) is 53.1 Å². The van der Waals surface area contributed by atoms with E-state index in [1.54, 1.807) is 32.1 Å². The molecule has 27 heavy (non-hydrogen) atoms. The molecule has 0 aliphatic carbocycles. The summed E-state index contributed by atoms with van der Waals surface area (Å²) in [6.45, 7) is 9.55. The van der Waals surface area contributed by atoms with Gasteiger partial charge in [0.1, 0.15) is 23.0 Å². The van der Waals surface area contributed by atoms with Gasteiger partial charge in [-0.05, 0) is 70.9 Å². The SMILES string of the molecule is Cc1nc(-c2ccc(OC/C(=C/F)CCC(=O)OC(C)(C)C)cc2)sc1C. The second kappa shape index (κ2) is 9.13. The molecule has 0 aliphatic heterocycles. The number of hydrogen-bond acceptors (Lipinski definition) is 5. The fourth-order valence-corrected chi connectivity index (χ4v) is 3.20. The van der Waals surface area contributed by atoms with Gasteiger partial charge in [-0.15, -0.1) is 11.3 Å². The summed E-state index contributed by atoms with van der Waals surface area (Å²) in [6, 6.07) is 7.55. The molecule has 0 N–H and O–H groups in total. The van der Waals surface area contributed by atoms with Gasteiger partial charge in [0.15, 0.2) is 0 Å². The smallest absolute Gasteiger partial charge is 0.306 e. The number of carbonyl (C=O) groups is 1. The number of hydrogen-bond donors (Lipinski definition) is 0. The molecule has 0 bridgehead atoms. The maximum absolute atomic E-state index is 13.1. The summed E-state index contributed by atoms with van der Waals surface area (Å²) in [6.07, 6.45) is 0.888. The van der Waals surface area contributed by atoms with Crippen LogP contribution >= 0.6 is 11.3 Å². The van der Waals surface area contributed by atoms with Crippen molar-refractivity contribution < 1.29 is 18.7 Å². The highest BCUT2D eigenvalue weighted by Gasteiger charge is 2.16. The van der Waals surface area contributed by atoms with Crippen molar-refractivity contribution in [1.29, 1.82) is 0 Å². The Balaban J connectivity index is 1.86. The second-order valence-electron chi connectivity index (χ2n) is 7.33. The summed E-state index contributed by atoms with van der Waals surface area (Å²) in [7, 11) is 0. The number of carbonyl (C=O) groups excluding carboxylic acids is 1. The molecule has 1 aromatic heterocycles. The van der Waals surface area contributed by atoms with Crippen LogP contribution in [0.5, 0.6) is 5.75 Å². The standard InChI is InChI=1S/C21H26FNO3S/c1-14-15(2)27-20(23-14)17-7-9-18(10-8-17)25-13-16(12-22)6-11-19(24)26-21(3,4)5/h7-10,12H,6,11,13H2,1-5H3/b16-12+. The second-order valence-corrected chi connectivity index (χ2v) is 8.53. The molecule has 0 saturated heterocycles. The minimum absolute atomic E-state index is 0.0914. The Morgan fingerprint density at radius 3 is 2.37 bits per heavy atom. The van der Waals surface area contributed by atoms with E-state index in [0.717, 1.165) is 16.3 Å². The van der Waals surface area contributed by atoms with Gasteiger partial charge in [0.05, 0.1) is 12.0 Å². The van der Waals surface area contributed by atoms with E-state index in [0.29, 0.717) is 17.7 Å². The Hall–Kier alpha value is -2.21. The van der Waals surface area contributed by atoms with Gasteiger partial charge < -0.3 is 9.47 Å². The van der Waals surface area contributed by atoms with Gasteiger partial charge in [-0.25, -0.2) is 9.37 Å². The quantitative estimate of drug-likeness (QED) is 0.561. The van der Waals surface area contributed by atoms with Crippen molar-refractivity contribution in [3.63, 3.8) is 0 Å². The molecule has 0 aliphatic rings. The third kappa shape index (κ3) is 6.79. The van der Waals surface area contributed by atoms with E-state index in [-0.39, 0.29) is 25.4 Å².